The van der Waals surface area contributed by atoms with E-state index in [1.807, 2.05) is 18.2 Å². The van der Waals surface area contributed by atoms with Crippen LogP contribution in [0.4, 0.5) is 5.69 Å². The van der Waals surface area contributed by atoms with Crippen molar-refractivity contribution in [2.24, 2.45) is 0 Å². The van der Waals surface area contributed by atoms with Crippen molar-refractivity contribution in [3.63, 3.8) is 0 Å². The number of benzene rings is 2. The first kappa shape index (κ1) is 14.0. The van der Waals surface area contributed by atoms with Crippen LogP contribution in [0.15, 0.2) is 36.4 Å². The van der Waals surface area contributed by atoms with Gasteiger partial charge in [-0.15, -0.1) is 0 Å². The van der Waals surface area contributed by atoms with Crippen LogP contribution in [-0.4, -0.2) is 0 Å². The number of aryl methyl sites for hydroxylation is 1. The fourth-order valence-corrected chi connectivity index (χ4v) is 2.64. The van der Waals surface area contributed by atoms with Gasteiger partial charge in [-0.05, 0) is 71.0 Å². The Morgan fingerprint density at radius 1 is 1.06 bits per heavy atom. The third kappa shape index (κ3) is 3.53. The van der Waals surface area contributed by atoms with Crippen LogP contribution in [0.25, 0.3) is 0 Å². The summed E-state index contributed by atoms with van der Waals surface area (Å²) in [6.07, 6.45) is 0. The first-order valence-corrected chi connectivity index (χ1v) is 7.33. The Morgan fingerprint density at radius 2 is 1.83 bits per heavy atom. The molecule has 18 heavy (non-hydrogen) atoms. The molecule has 0 spiro atoms. The van der Waals surface area contributed by atoms with Gasteiger partial charge in [0, 0.05) is 15.8 Å². The number of rotatable bonds is 3. The molecule has 0 aromatic heterocycles. The van der Waals surface area contributed by atoms with Crippen LogP contribution in [0, 0.1) is 10.5 Å². The van der Waals surface area contributed by atoms with E-state index in [1.54, 1.807) is 0 Å². The molecule has 1 N–H and O–H groups in total. The summed E-state index contributed by atoms with van der Waals surface area (Å²) < 4.78 is 1.24. The summed E-state index contributed by atoms with van der Waals surface area (Å²) in [5.74, 6) is 0. The molecule has 0 amide bonds. The Balaban J connectivity index is 2.09. The van der Waals surface area contributed by atoms with E-state index < -0.39 is 0 Å². The number of hydrogen-bond acceptors (Lipinski definition) is 1. The second-order valence-corrected chi connectivity index (χ2v) is 6.12. The first-order valence-electron chi connectivity index (χ1n) is 5.50. The minimum absolute atomic E-state index is 0.589. The second-order valence-electron chi connectivity index (χ2n) is 4.06. The number of anilines is 1. The summed E-state index contributed by atoms with van der Waals surface area (Å²) in [6, 6.07) is 12.0. The van der Waals surface area contributed by atoms with Crippen molar-refractivity contribution < 1.29 is 0 Å². The van der Waals surface area contributed by atoms with E-state index in [4.69, 9.17) is 23.2 Å². The molecule has 1 nitrogen and oxygen atoms in total. The lowest BCUT2D eigenvalue weighted by Gasteiger charge is -2.10. The fourth-order valence-electron chi connectivity index (χ4n) is 1.67. The molecule has 0 aliphatic carbocycles. The Morgan fingerprint density at radius 3 is 2.50 bits per heavy atom. The molecule has 4 heteroatoms. The van der Waals surface area contributed by atoms with Gasteiger partial charge in [-0.3, -0.25) is 0 Å². The van der Waals surface area contributed by atoms with Crippen LogP contribution in [0.2, 0.25) is 10.0 Å². The van der Waals surface area contributed by atoms with Gasteiger partial charge >= 0.3 is 0 Å². The molecule has 94 valence electrons. The fraction of sp³-hybridized carbons (Fsp3) is 0.143. The van der Waals surface area contributed by atoms with Crippen LogP contribution in [0.1, 0.15) is 11.1 Å². The monoisotopic (exact) mass is 391 g/mol. The van der Waals surface area contributed by atoms with Gasteiger partial charge in [0.15, 0.2) is 0 Å². The summed E-state index contributed by atoms with van der Waals surface area (Å²) >= 11 is 14.2. The summed E-state index contributed by atoms with van der Waals surface area (Å²) in [5.41, 5.74) is 3.49. The third-order valence-electron chi connectivity index (χ3n) is 2.66. The van der Waals surface area contributed by atoms with Crippen LogP contribution < -0.4 is 5.32 Å². The lowest BCUT2D eigenvalue weighted by molar-refractivity contribution is 1.14. The standard InChI is InChI=1S/C14H12Cl2IN/c1-9-6-11(17)3-5-14(9)18-8-10-2-4-12(15)13(16)7-10/h2-7,18H,8H2,1H3. The molecule has 0 atom stereocenters. The lowest BCUT2D eigenvalue weighted by Crippen LogP contribution is -2.01. The van der Waals surface area contributed by atoms with Crippen molar-refractivity contribution in [3.8, 4) is 0 Å². The van der Waals surface area contributed by atoms with Gasteiger partial charge in [-0.1, -0.05) is 29.3 Å². The van der Waals surface area contributed by atoms with Gasteiger partial charge in [-0.2, -0.15) is 0 Å². The molecule has 0 saturated carbocycles. The zero-order valence-electron chi connectivity index (χ0n) is 9.81. The van der Waals surface area contributed by atoms with Gasteiger partial charge in [0.2, 0.25) is 0 Å². The zero-order chi connectivity index (χ0) is 13.1. The molecule has 0 fully saturated rings. The maximum atomic E-state index is 5.99. The Kier molecular flexibility index (Phi) is 4.76. The number of nitrogens with one attached hydrogen (secondary N) is 1. The SMILES string of the molecule is Cc1cc(I)ccc1NCc1ccc(Cl)c(Cl)c1. The van der Waals surface area contributed by atoms with E-state index in [1.165, 1.54) is 9.13 Å². The van der Waals surface area contributed by atoms with E-state index in [0.717, 1.165) is 17.8 Å². The highest BCUT2D eigenvalue weighted by Gasteiger charge is 2.01. The smallest absolute Gasteiger partial charge is 0.0595 e. The molecule has 0 unspecified atom stereocenters. The molecular weight excluding hydrogens is 380 g/mol. The summed E-state index contributed by atoms with van der Waals surface area (Å²) in [7, 11) is 0. The zero-order valence-corrected chi connectivity index (χ0v) is 13.5. The van der Waals surface area contributed by atoms with Crippen LogP contribution >= 0.6 is 45.8 Å². The second kappa shape index (κ2) is 6.13. The minimum atomic E-state index is 0.589. The third-order valence-corrected chi connectivity index (χ3v) is 4.07. The predicted molar refractivity (Wildman–Crippen MR) is 87.7 cm³/mol. The highest BCUT2D eigenvalue weighted by Crippen LogP contribution is 2.24. The van der Waals surface area contributed by atoms with E-state index in [0.29, 0.717) is 10.0 Å². The van der Waals surface area contributed by atoms with Gasteiger partial charge in [0.25, 0.3) is 0 Å². The quantitative estimate of drug-likeness (QED) is 0.679. The molecule has 2 rings (SSSR count). The molecular formula is C14H12Cl2IN. The Bertz CT molecular complexity index is 570. The molecule has 0 radical (unpaired) electrons. The van der Waals surface area contributed by atoms with E-state index in [2.05, 4.69) is 53.0 Å². The molecule has 2 aromatic carbocycles. The van der Waals surface area contributed by atoms with Gasteiger partial charge in [0.05, 0.1) is 10.0 Å². The Hall–Kier alpha value is -0.450. The predicted octanol–water partition coefficient (Wildman–Crippen LogP) is 5.52. The van der Waals surface area contributed by atoms with Gasteiger partial charge in [0.1, 0.15) is 0 Å². The van der Waals surface area contributed by atoms with E-state index in [-0.39, 0.29) is 0 Å². The van der Waals surface area contributed by atoms with Gasteiger partial charge in [-0.25, -0.2) is 0 Å². The van der Waals surface area contributed by atoms with Crippen molar-refractivity contribution >= 4 is 51.5 Å². The molecule has 0 aliphatic heterocycles. The minimum Gasteiger partial charge on any atom is -0.381 e. The van der Waals surface area contributed by atoms with E-state index in [9.17, 15) is 0 Å². The molecule has 2 aromatic rings. The average Bonchev–Trinajstić information content (AvgIpc) is 2.32. The van der Waals surface area contributed by atoms with Crippen molar-refractivity contribution in [3.05, 3.63) is 61.1 Å². The number of hydrogen-bond donors (Lipinski definition) is 1. The normalized spacial score (nSPS) is 10.4. The highest BCUT2D eigenvalue weighted by molar-refractivity contribution is 14.1. The average molecular weight is 392 g/mol. The van der Waals surface area contributed by atoms with E-state index >= 15 is 0 Å². The van der Waals surface area contributed by atoms with Crippen molar-refractivity contribution in [1.82, 2.24) is 0 Å². The summed E-state index contributed by atoms with van der Waals surface area (Å²) in [6.45, 7) is 2.83. The maximum Gasteiger partial charge on any atom is 0.0595 e. The maximum absolute atomic E-state index is 5.99. The van der Waals surface area contributed by atoms with Crippen LogP contribution in [0.3, 0.4) is 0 Å². The molecule has 0 saturated heterocycles. The van der Waals surface area contributed by atoms with Crippen LogP contribution in [0.5, 0.6) is 0 Å². The highest BCUT2D eigenvalue weighted by atomic mass is 127. The van der Waals surface area contributed by atoms with Crippen molar-refractivity contribution in [2.75, 3.05) is 5.32 Å². The summed E-state index contributed by atoms with van der Waals surface area (Å²) in [4.78, 5) is 0. The molecule has 0 aliphatic rings. The molecule has 0 heterocycles. The largest absolute Gasteiger partial charge is 0.381 e. The van der Waals surface area contributed by atoms with Crippen LogP contribution in [-0.2, 0) is 6.54 Å². The number of halogens is 3. The topological polar surface area (TPSA) is 12.0 Å². The van der Waals surface area contributed by atoms with Crippen molar-refractivity contribution in [1.29, 1.82) is 0 Å². The first-order chi connectivity index (χ1) is 8.56. The summed E-state index contributed by atoms with van der Waals surface area (Å²) in [5, 5.41) is 4.58. The van der Waals surface area contributed by atoms with Gasteiger partial charge < -0.3 is 5.32 Å². The molecule has 0 bridgehead atoms. The Labute approximate surface area is 131 Å². The van der Waals surface area contributed by atoms with Crippen molar-refractivity contribution in [2.45, 2.75) is 13.5 Å². The lowest BCUT2D eigenvalue weighted by atomic mass is 10.2.